The van der Waals surface area contributed by atoms with Gasteiger partial charge in [-0.05, 0) is 46.3 Å². The van der Waals surface area contributed by atoms with Gasteiger partial charge in [-0.3, -0.25) is 4.79 Å². The molecule has 1 heterocycles. The van der Waals surface area contributed by atoms with Gasteiger partial charge < -0.3 is 15.5 Å². The molecule has 0 aliphatic carbocycles. The Morgan fingerprint density at radius 3 is 2.71 bits per heavy atom. The number of nitrogens with zero attached hydrogens (tertiary/aromatic N) is 1. The number of hydrogen-bond acceptors (Lipinski definition) is 3. The van der Waals surface area contributed by atoms with E-state index in [0.29, 0.717) is 12.0 Å². The third-order valence-corrected chi connectivity index (χ3v) is 3.72. The maximum Gasteiger partial charge on any atom is 0.224 e. The third-order valence-electron chi connectivity index (χ3n) is 3.72. The molecule has 17 heavy (non-hydrogen) atoms. The van der Waals surface area contributed by atoms with Crippen LogP contribution < -0.4 is 10.6 Å². The standard InChI is InChI=1S/C13H27N3O/c1-10(2)16(4)7-5-6-15-13(17)12-9-14-8-11(12)3/h10-12,14H,5-9H2,1-4H3,(H,15,17)/t11-,12-/m1/s1. The summed E-state index contributed by atoms with van der Waals surface area (Å²) in [6.07, 6.45) is 1.02. The van der Waals surface area contributed by atoms with Gasteiger partial charge in [-0.15, -0.1) is 0 Å². The zero-order valence-corrected chi connectivity index (χ0v) is 11.6. The number of nitrogens with one attached hydrogen (secondary N) is 2. The molecule has 0 bridgehead atoms. The Labute approximate surface area is 105 Å². The van der Waals surface area contributed by atoms with E-state index in [-0.39, 0.29) is 11.8 Å². The summed E-state index contributed by atoms with van der Waals surface area (Å²) in [4.78, 5) is 14.2. The van der Waals surface area contributed by atoms with Crippen molar-refractivity contribution in [1.82, 2.24) is 15.5 Å². The van der Waals surface area contributed by atoms with Gasteiger partial charge in [-0.2, -0.15) is 0 Å². The molecule has 0 spiro atoms. The van der Waals surface area contributed by atoms with Crippen LogP contribution in [0.15, 0.2) is 0 Å². The molecule has 1 fully saturated rings. The lowest BCUT2D eigenvalue weighted by atomic mass is 9.97. The number of carbonyl (C=O) groups excluding carboxylic acids is 1. The fourth-order valence-corrected chi connectivity index (χ4v) is 2.09. The molecule has 0 radical (unpaired) electrons. The molecular formula is C13H27N3O. The van der Waals surface area contributed by atoms with Gasteiger partial charge in [0.15, 0.2) is 0 Å². The molecule has 0 aromatic heterocycles. The molecule has 4 nitrogen and oxygen atoms in total. The van der Waals surface area contributed by atoms with Crippen molar-refractivity contribution >= 4 is 5.91 Å². The highest BCUT2D eigenvalue weighted by Gasteiger charge is 2.28. The number of carbonyl (C=O) groups is 1. The van der Waals surface area contributed by atoms with Gasteiger partial charge in [0, 0.05) is 19.1 Å². The van der Waals surface area contributed by atoms with Crippen molar-refractivity contribution in [2.45, 2.75) is 33.2 Å². The number of hydrogen-bond donors (Lipinski definition) is 2. The summed E-state index contributed by atoms with van der Waals surface area (Å²) in [5.74, 6) is 0.848. The first-order valence-corrected chi connectivity index (χ1v) is 6.71. The summed E-state index contributed by atoms with van der Waals surface area (Å²) in [5, 5.41) is 6.30. The zero-order chi connectivity index (χ0) is 12.8. The van der Waals surface area contributed by atoms with Crippen LogP contribution in [0.4, 0.5) is 0 Å². The normalized spacial score (nSPS) is 24.6. The SMILES string of the molecule is CC(C)N(C)CCCNC(=O)[C@@H]1CNC[C@H]1C. The van der Waals surface area contributed by atoms with E-state index >= 15 is 0 Å². The van der Waals surface area contributed by atoms with E-state index in [9.17, 15) is 4.79 Å². The molecule has 0 saturated carbocycles. The first-order valence-electron chi connectivity index (χ1n) is 6.71. The van der Waals surface area contributed by atoms with E-state index in [0.717, 1.165) is 32.6 Å². The lowest BCUT2D eigenvalue weighted by molar-refractivity contribution is -0.125. The minimum atomic E-state index is 0.165. The summed E-state index contributed by atoms with van der Waals surface area (Å²) in [6, 6.07) is 0.574. The van der Waals surface area contributed by atoms with Gasteiger partial charge in [0.05, 0.1) is 5.92 Å². The predicted octanol–water partition coefficient (Wildman–Crippen LogP) is 0.688. The van der Waals surface area contributed by atoms with E-state index in [2.05, 4.69) is 43.4 Å². The monoisotopic (exact) mass is 241 g/mol. The first kappa shape index (κ1) is 14.5. The Balaban J connectivity index is 2.12. The van der Waals surface area contributed by atoms with Crippen molar-refractivity contribution < 1.29 is 4.79 Å². The molecule has 0 aromatic carbocycles. The summed E-state index contributed by atoms with van der Waals surface area (Å²) >= 11 is 0. The van der Waals surface area contributed by atoms with Gasteiger partial charge in [0.2, 0.25) is 5.91 Å². The fourth-order valence-electron chi connectivity index (χ4n) is 2.09. The van der Waals surface area contributed by atoms with Gasteiger partial charge >= 0.3 is 0 Å². The highest BCUT2D eigenvalue weighted by molar-refractivity contribution is 5.79. The molecule has 1 saturated heterocycles. The molecule has 1 aliphatic rings. The second-order valence-electron chi connectivity index (χ2n) is 5.46. The Morgan fingerprint density at radius 1 is 1.47 bits per heavy atom. The molecule has 4 heteroatoms. The molecule has 0 unspecified atom stereocenters. The number of rotatable bonds is 6. The van der Waals surface area contributed by atoms with Gasteiger partial charge in [-0.25, -0.2) is 0 Å². The molecule has 100 valence electrons. The molecule has 1 amide bonds. The third kappa shape index (κ3) is 4.64. The molecule has 0 aromatic rings. The quantitative estimate of drug-likeness (QED) is 0.673. The Kier molecular flexibility index (Phi) is 5.92. The second-order valence-corrected chi connectivity index (χ2v) is 5.46. The Bertz CT molecular complexity index is 243. The minimum Gasteiger partial charge on any atom is -0.356 e. The average molecular weight is 241 g/mol. The van der Waals surface area contributed by atoms with Crippen LogP contribution >= 0.6 is 0 Å². The molecule has 1 aliphatic heterocycles. The molecule has 1 rings (SSSR count). The maximum atomic E-state index is 11.9. The first-order chi connectivity index (χ1) is 8.02. The van der Waals surface area contributed by atoms with Crippen molar-refractivity contribution in [1.29, 1.82) is 0 Å². The Morgan fingerprint density at radius 2 is 2.18 bits per heavy atom. The van der Waals surface area contributed by atoms with Gasteiger partial charge in [0.1, 0.15) is 0 Å². The van der Waals surface area contributed by atoms with Crippen molar-refractivity contribution in [3.63, 3.8) is 0 Å². The highest BCUT2D eigenvalue weighted by atomic mass is 16.1. The van der Waals surface area contributed by atoms with Crippen LogP contribution in [0.1, 0.15) is 27.2 Å². The van der Waals surface area contributed by atoms with Crippen LogP contribution in [0, 0.1) is 11.8 Å². The summed E-state index contributed by atoms with van der Waals surface area (Å²) in [5.41, 5.74) is 0. The summed E-state index contributed by atoms with van der Waals surface area (Å²) in [6.45, 7) is 10.1. The average Bonchev–Trinajstić information content (AvgIpc) is 2.70. The summed E-state index contributed by atoms with van der Waals surface area (Å²) in [7, 11) is 2.12. The highest BCUT2D eigenvalue weighted by Crippen LogP contribution is 2.15. The van der Waals surface area contributed by atoms with E-state index < -0.39 is 0 Å². The topological polar surface area (TPSA) is 44.4 Å². The van der Waals surface area contributed by atoms with E-state index in [1.165, 1.54) is 0 Å². The van der Waals surface area contributed by atoms with Gasteiger partial charge in [-0.1, -0.05) is 6.92 Å². The maximum absolute atomic E-state index is 11.9. The predicted molar refractivity (Wildman–Crippen MR) is 70.9 cm³/mol. The van der Waals surface area contributed by atoms with Crippen LogP contribution in [-0.2, 0) is 4.79 Å². The zero-order valence-electron chi connectivity index (χ0n) is 11.6. The molecular weight excluding hydrogens is 214 g/mol. The van der Waals surface area contributed by atoms with E-state index in [4.69, 9.17) is 0 Å². The molecule has 2 N–H and O–H groups in total. The van der Waals surface area contributed by atoms with Crippen LogP contribution in [0.2, 0.25) is 0 Å². The lowest BCUT2D eigenvalue weighted by Gasteiger charge is -2.21. The number of amides is 1. The minimum absolute atomic E-state index is 0.165. The fraction of sp³-hybridized carbons (Fsp3) is 0.923. The summed E-state index contributed by atoms with van der Waals surface area (Å²) < 4.78 is 0. The second kappa shape index (κ2) is 6.97. The Hall–Kier alpha value is -0.610. The van der Waals surface area contributed by atoms with Crippen molar-refractivity contribution in [3.05, 3.63) is 0 Å². The van der Waals surface area contributed by atoms with Crippen molar-refractivity contribution in [2.75, 3.05) is 33.2 Å². The van der Waals surface area contributed by atoms with Crippen molar-refractivity contribution in [2.24, 2.45) is 11.8 Å². The van der Waals surface area contributed by atoms with Gasteiger partial charge in [0.25, 0.3) is 0 Å². The van der Waals surface area contributed by atoms with Crippen LogP contribution in [0.25, 0.3) is 0 Å². The van der Waals surface area contributed by atoms with Crippen LogP contribution in [-0.4, -0.2) is 50.1 Å². The van der Waals surface area contributed by atoms with Crippen LogP contribution in [0.3, 0.4) is 0 Å². The van der Waals surface area contributed by atoms with E-state index in [1.807, 2.05) is 0 Å². The van der Waals surface area contributed by atoms with Crippen molar-refractivity contribution in [3.8, 4) is 0 Å². The lowest BCUT2D eigenvalue weighted by Crippen LogP contribution is -2.36. The smallest absolute Gasteiger partial charge is 0.224 e. The van der Waals surface area contributed by atoms with Crippen LogP contribution in [0.5, 0.6) is 0 Å². The molecule has 2 atom stereocenters. The van der Waals surface area contributed by atoms with E-state index in [1.54, 1.807) is 0 Å². The largest absolute Gasteiger partial charge is 0.356 e.